The summed E-state index contributed by atoms with van der Waals surface area (Å²) >= 11 is 0. The molecule has 4 rings (SSSR count). The van der Waals surface area contributed by atoms with Gasteiger partial charge in [0, 0.05) is 5.69 Å². The monoisotopic (exact) mass is 427 g/mol. The fraction of sp³-hybridized carbons (Fsp3) is 0.208. The van der Waals surface area contributed by atoms with E-state index in [0.717, 1.165) is 5.56 Å². The lowest BCUT2D eigenvalue weighted by atomic mass is 9.78. The summed E-state index contributed by atoms with van der Waals surface area (Å²) < 4.78 is 26.4. The molecule has 1 amide bonds. The van der Waals surface area contributed by atoms with Crippen LogP contribution < -0.4 is 4.90 Å². The number of aliphatic hydroxyl groups excluding tert-OH is 1. The third-order valence-electron chi connectivity index (χ3n) is 5.56. The molecule has 162 valence electrons. The topological polar surface area (TPSA) is 92.3 Å². The number of carbonyl (C=O) groups excluding carboxylic acids is 1. The maximum Gasteiger partial charge on any atom is 0.233 e. The van der Waals surface area contributed by atoms with Crippen LogP contribution in [0, 0.1) is 17.6 Å². The Morgan fingerprint density at radius 1 is 0.871 bits per heavy atom. The molecule has 0 bridgehead atoms. The van der Waals surface area contributed by atoms with Crippen molar-refractivity contribution >= 4 is 11.6 Å². The number of phenols is 1. The van der Waals surface area contributed by atoms with Gasteiger partial charge in [0.05, 0.1) is 18.1 Å². The van der Waals surface area contributed by atoms with Crippen LogP contribution in [-0.4, -0.2) is 21.6 Å². The van der Waals surface area contributed by atoms with Crippen LogP contribution in [0.4, 0.5) is 14.5 Å². The summed E-state index contributed by atoms with van der Waals surface area (Å²) in [7, 11) is 0. The SMILES string of the molecule is O.O=C1[C@H](CCC(O)c2ccc(F)cc2)[C@@H](c2ccc(O)cc2)N1c1ccc(F)cc1. The number of phenolic OH excluding ortho intramolecular Hbond substituents is 1. The molecule has 1 unspecified atom stereocenters. The van der Waals surface area contributed by atoms with Crippen molar-refractivity contribution in [2.45, 2.75) is 25.0 Å². The van der Waals surface area contributed by atoms with Crippen molar-refractivity contribution in [3.8, 4) is 5.75 Å². The molecule has 1 aliphatic rings. The minimum Gasteiger partial charge on any atom is -0.508 e. The van der Waals surface area contributed by atoms with Crippen LogP contribution in [0.25, 0.3) is 0 Å². The summed E-state index contributed by atoms with van der Waals surface area (Å²) in [5, 5.41) is 20.1. The highest BCUT2D eigenvalue weighted by molar-refractivity contribution is 6.03. The van der Waals surface area contributed by atoms with Crippen LogP contribution >= 0.6 is 0 Å². The first-order chi connectivity index (χ1) is 14.4. The highest BCUT2D eigenvalue weighted by atomic mass is 19.1. The summed E-state index contributed by atoms with van der Waals surface area (Å²) in [4.78, 5) is 14.6. The van der Waals surface area contributed by atoms with Gasteiger partial charge in [0.2, 0.25) is 5.91 Å². The summed E-state index contributed by atoms with van der Waals surface area (Å²) in [6.07, 6.45) is -0.0344. The van der Waals surface area contributed by atoms with Crippen LogP contribution in [0.5, 0.6) is 5.75 Å². The van der Waals surface area contributed by atoms with Gasteiger partial charge in [0.15, 0.2) is 0 Å². The quantitative estimate of drug-likeness (QED) is 0.581. The van der Waals surface area contributed by atoms with Gasteiger partial charge in [0.1, 0.15) is 17.4 Å². The molecule has 0 aliphatic carbocycles. The van der Waals surface area contributed by atoms with E-state index in [1.165, 1.54) is 36.4 Å². The number of hydrogen-bond donors (Lipinski definition) is 2. The first-order valence-corrected chi connectivity index (χ1v) is 9.75. The predicted octanol–water partition coefficient (Wildman–Crippen LogP) is 4.06. The number of benzene rings is 3. The molecule has 0 aromatic heterocycles. The van der Waals surface area contributed by atoms with E-state index in [-0.39, 0.29) is 40.7 Å². The third-order valence-corrected chi connectivity index (χ3v) is 5.56. The average Bonchev–Trinajstić information content (AvgIpc) is 2.74. The maximum atomic E-state index is 13.3. The minimum atomic E-state index is -0.807. The van der Waals surface area contributed by atoms with Crippen molar-refractivity contribution < 1.29 is 29.3 Å². The van der Waals surface area contributed by atoms with Crippen molar-refractivity contribution in [1.29, 1.82) is 0 Å². The molecule has 7 heteroatoms. The Bertz CT molecular complexity index is 1020. The van der Waals surface area contributed by atoms with E-state index in [0.29, 0.717) is 24.1 Å². The van der Waals surface area contributed by atoms with E-state index < -0.39 is 6.10 Å². The Hall–Kier alpha value is -3.29. The molecule has 4 N–H and O–H groups in total. The molecule has 1 saturated heterocycles. The van der Waals surface area contributed by atoms with Crippen molar-refractivity contribution in [2.75, 3.05) is 4.90 Å². The first-order valence-electron chi connectivity index (χ1n) is 9.75. The minimum absolute atomic E-state index is 0. The van der Waals surface area contributed by atoms with Crippen molar-refractivity contribution in [2.24, 2.45) is 5.92 Å². The van der Waals surface area contributed by atoms with Crippen LogP contribution in [-0.2, 0) is 4.79 Å². The van der Waals surface area contributed by atoms with E-state index in [2.05, 4.69) is 0 Å². The van der Waals surface area contributed by atoms with Crippen LogP contribution in [0.3, 0.4) is 0 Å². The van der Waals surface area contributed by atoms with Gasteiger partial charge in [0.25, 0.3) is 0 Å². The molecule has 3 atom stereocenters. The Morgan fingerprint density at radius 2 is 1.42 bits per heavy atom. The van der Waals surface area contributed by atoms with Gasteiger partial charge in [-0.15, -0.1) is 0 Å². The standard InChI is InChI=1S/C24H21F2NO3.H2O/c25-17-5-1-15(2-6-17)22(29)14-13-21-23(16-3-11-20(28)12-4-16)27(24(21)30)19-9-7-18(26)8-10-19;/h1-12,21-23,28-29H,13-14H2;1H2/t21-,22?,23-;/m1./s1. The molecule has 0 saturated carbocycles. The largest absolute Gasteiger partial charge is 0.508 e. The summed E-state index contributed by atoms with van der Waals surface area (Å²) in [6, 6.07) is 17.7. The number of anilines is 1. The molecule has 0 radical (unpaired) electrons. The Kier molecular flexibility index (Phi) is 6.68. The summed E-state index contributed by atoms with van der Waals surface area (Å²) in [5.41, 5.74) is 2.03. The predicted molar refractivity (Wildman–Crippen MR) is 112 cm³/mol. The van der Waals surface area contributed by atoms with Crippen molar-refractivity contribution in [3.05, 3.63) is 95.6 Å². The normalized spacial score (nSPS) is 18.8. The van der Waals surface area contributed by atoms with Crippen LogP contribution in [0.2, 0.25) is 0 Å². The Morgan fingerprint density at radius 3 is 2.00 bits per heavy atom. The number of hydrogen-bond acceptors (Lipinski definition) is 3. The van der Waals surface area contributed by atoms with E-state index >= 15 is 0 Å². The molecule has 31 heavy (non-hydrogen) atoms. The smallest absolute Gasteiger partial charge is 0.233 e. The molecular formula is C24H23F2NO4. The summed E-state index contributed by atoms with van der Waals surface area (Å²) in [6.45, 7) is 0. The molecular weight excluding hydrogens is 404 g/mol. The molecule has 1 fully saturated rings. The van der Waals surface area contributed by atoms with Crippen LogP contribution in [0.15, 0.2) is 72.8 Å². The molecule has 3 aromatic carbocycles. The lowest BCUT2D eigenvalue weighted by molar-refractivity contribution is -0.131. The number of carbonyl (C=O) groups is 1. The fourth-order valence-electron chi connectivity index (χ4n) is 3.96. The fourth-order valence-corrected chi connectivity index (χ4v) is 3.96. The van der Waals surface area contributed by atoms with E-state index in [4.69, 9.17) is 0 Å². The van der Waals surface area contributed by atoms with Gasteiger partial charge in [-0.2, -0.15) is 0 Å². The lowest BCUT2D eigenvalue weighted by Gasteiger charge is -2.48. The number of halogens is 2. The molecule has 1 heterocycles. The molecule has 1 aliphatic heterocycles. The van der Waals surface area contributed by atoms with Gasteiger partial charge in [-0.25, -0.2) is 8.78 Å². The number of nitrogens with zero attached hydrogens (tertiary/aromatic N) is 1. The van der Waals surface area contributed by atoms with Gasteiger partial charge in [-0.05, 0) is 72.5 Å². The van der Waals surface area contributed by atoms with Crippen molar-refractivity contribution in [3.63, 3.8) is 0 Å². The second-order valence-electron chi connectivity index (χ2n) is 7.47. The van der Waals surface area contributed by atoms with Gasteiger partial charge in [-0.3, -0.25) is 4.79 Å². The molecule has 3 aromatic rings. The summed E-state index contributed by atoms with van der Waals surface area (Å²) in [5.74, 6) is -1.10. The maximum absolute atomic E-state index is 13.3. The Balaban J connectivity index is 0.00000272. The van der Waals surface area contributed by atoms with Gasteiger partial charge in [-0.1, -0.05) is 24.3 Å². The van der Waals surface area contributed by atoms with Crippen LogP contribution in [0.1, 0.15) is 36.1 Å². The lowest BCUT2D eigenvalue weighted by Crippen LogP contribution is -2.55. The number of rotatable bonds is 6. The zero-order chi connectivity index (χ0) is 21.3. The van der Waals surface area contributed by atoms with E-state index in [1.54, 1.807) is 41.3 Å². The number of aromatic hydroxyl groups is 1. The first kappa shape index (κ1) is 22.4. The zero-order valence-corrected chi connectivity index (χ0v) is 16.6. The molecule has 0 spiro atoms. The van der Waals surface area contributed by atoms with E-state index in [9.17, 15) is 23.8 Å². The average molecular weight is 427 g/mol. The molecule has 5 nitrogen and oxygen atoms in total. The third kappa shape index (κ3) is 4.57. The van der Waals surface area contributed by atoms with Crippen molar-refractivity contribution in [1.82, 2.24) is 0 Å². The second kappa shape index (κ2) is 9.24. The highest BCUT2D eigenvalue weighted by Crippen LogP contribution is 2.46. The number of β-lactam (4-membered cyclic amide) rings is 1. The zero-order valence-electron chi connectivity index (χ0n) is 16.6. The second-order valence-corrected chi connectivity index (χ2v) is 7.47. The van der Waals surface area contributed by atoms with Gasteiger partial charge < -0.3 is 20.6 Å². The van der Waals surface area contributed by atoms with E-state index in [1.807, 2.05) is 0 Å². The van der Waals surface area contributed by atoms with Gasteiger partial charge >= 0.3 is 0 Å². The number of amides is 1. The Labute approximate surface area is 178 Å². The highest BCUT2D eigenvalue weighted by Gasteiger charge is 2.48. The number of aliphatic hydroxyl groups is 1.